The third-order valence-corrected chi connectivity index (χ3v) is 4.65. The van der Waals surface area contributed by atoms with Crippen LogP contribution in [-0.4, -0.2) is 22.0 Å². The average Bonchev–Trinajstić information content (AvgIpc) is 2.89. The van der Waals surface area contributed by atoms with Crippen LogP contribution in [0.25, 0.3) is 10.2 Å². The van der Waals surface area contributed by atoms with Crippen molar-refractivity contribution in [2.45, 2.75) is 10.1 Å². The van der Waals surface area contributed by atoms with Crippen LogP contribution >= 0.6 is 39.0 Å². The van der Waals surface area contributed by atoms with Gasteiger partial charge in [-0.05, 0) is 51.3 Å². The summed E-state index contributed by atoms with van der Waals surface area (Å²) in [6, 6.07) is 5.98. The zero-order valence-electron chi connectivity index (χ0n) is 9.92. The van der Waals surface area contributed by atoms with Gasteiger partial charge in [0.2, 0.25) is 5.95 Å². The van der Waals surface area contributed by atoms with Gasteiger partial charge in [0.05, 0.1) is 0 Å². The first-order valence-electron chi connectivity index (χ1n) is 5.48. The SMILES string of the molecule is CNc1nc(Sc2ccc(Br)cn2)c2ccsc2n1. The summed E-state index contributed by atoms with van der Waals surface area (Å²) in [6.45, 7) is 0. The number of aromatic nitrogens is 3. The summed E-state index contributed by atoms with van der Waals surface area (Å²) in [5, 5.41) is 7.92. The molecule has 0 fully saturated rings. The van der Waals surface area contributed by atoms with Crippen molar-refractivity contribution in [1.82, 2.24) is 15.0 Å². The van der Waals surface area contributed by atoms with E-state index in [0.29, 0.717) is 5.95 Å². The van der Waals surface area contributed by atoms with Crippen molar-refractivity contribution in [2.24, 2.45) is 0 Å². The predicted octanol–water partition coefficient (Wildman–Crippen LogP) is 4.04. The third kappa shape index (κ3) is 2.72. The van der Waals surface area contributed by atoms with Gasteiger partial charge in [0.15, 0.2) is 0 Å². The van der Waals surface area contributed by atoms with Crippen molar-refractivity contribution in [2.75, 3.05) is 12.4 Å². The normalized spacial score (nSPS) is 10.8. The average molecular weight is 353 g/mol. The molecule has 0 amide bonds. The Morgan fingerprint density at radius 3 is 2.89 bits per heavy atom. The fraction of sp³-hybridized carbons (Fsp3) is 0.0833. The van der Waals surface area contributed by atoms with Crippen molar-refractivity contribution < 1.29 is 0 Å². The molecule has 0 atom stereocenters. The molecule has 4 nitrogen and oxygen atoms in total. The van der Waals surface area contributed by atoms with E-state index in [1.807, 2.05) is 30.6 Å². The van der Waals surface area contributed by atoms with Crippen LogP contribution in [-0.2, 0) is 0 Å². The van der Waals surface area contributed by atoms with Gasteiger partial charge < -0.3 is 5.32 Å². The summed E-state index contributed by atoms with van der Waals surface area (Å²) in [6.07, 6.45) is 1.79. The van der Waals surface area contributed by atoms with Crippen molar-refractivity contribution in [1.29, 1.82) is 0 Å². The molecule has 3 heterocycles. The van der Waals surface area contributed by atoms with E-state index >= 15 is 0 Å². The Labute approximate surface area is 126 Å². The number of pyridine rings is 1. The molecule has 0 unspecified atom stereocenters. The molecule has 0 radical (unpaired) electrons. The van der Waals surface area contributed by atoms with Gasteiger partial charge in [-0.1, -0.05) is 0 Å². The molecule has 0 spiro atoms. The molecule has 0 aliphatic heterocycles. The number of nitrogens with one attached hydrogen (secondary N) is 1. The van der Waals surface area contributed by atoms with Gasteiger partial charge in [0.25, 0.3) is 0 Å². The lowest BCUT2D eigenvalue weighted by atomic mass is 10.4. The molecule has 3 aromatic heterocycles. The molecule has 1 N–H and O–H groups in total. The molecule has 0 aromatic carbocycles. The van der Waals surface area contributed by atoms with Crippen molar-refractivity contribution in [3.63, 3.8) is 0 Å². The van der Waals surface area contributed by atoms with Crippen molar-refractivity contribution in [3.05, 3.63) is 34.2 Å². The Balaban J connectivity index is 2.03. The number of fused-ring (bicyclic) bond motifs is 1. The Hall–Kier alpha value is -1.18. The number of thiophene rings is 1. The monoisotopic (exact) mass is 352 g/mol. The van der Waals surface area contributed by atoms with E-state index in [1.165, 1.54) is 0 Å². The fourth-order valence-electron chi connectivity index (χ4n) is 1.54. The van der Waals surface area contributed by atoms with Crippen LogP contribution in [0, 0.1) is 0 Å². The molecule has 7 heteroatoms. The summed E-state index contributed by atoms with van der Waals surface area (Å²) in [5.41, 5.74) is 0. The second kappa shape index (κ2) is 5.44. The van der Waals surface area contributed by atoms with Gasteiger partial charge in [-0.25, -0.2) is 15.0 Å². The summed E-state index contributed by atoms with van der Waals surface area (Å²) in [4.78, 5) is 14.3. The summed E-state index contributed by atoms with van der Waals surface area (Å²) >= 11 is 6.54. The minimum absolute atomic E-state index is 0.634. The Morgan fingerprint density at radius 2 is 2.16 bits per heavy atom. The molecular formula is C12H9BrN4S2. The second-order valence-electron chi connectivity index (χ2n) is 3.66. The number of halogens is 1. The maximum atomic E-state index is 4.51. The first-order chi connectivity index (χ1) is 9.26. The standard InChI is InChI=1S/C12H9BrN4S2/c1-14-12-16-10-8(4-5-18-10)11(17-12)19-9-3-2-7(13)6-15-9/h2-6H,1H3,(H,14,16,17). The highest BCUT2D eigenvalue weighted by molar-refractivity contribution is 9.10. The highest BCUT2D eigenvalue weighted by atomic mass is 79.9. The van der Waals surface area contributed by atoms with Crippen LogP contribution in [0.5, 0.6) is 0 Å². The van der Waals surface area contributed by atoms with E-state index in [2.05, 4.69) is 36.2 Å². The van der Waals surface area contributed by atoms with Crippen LogP contribution in [0.1, 0.15) is 0 Å². The molecule has 0 saturated heterocycles. The Bertz CT molecular complexity index is 711. The largest absolute Gasteiger partial charge is 0.357 e. The molecule has 3 rings (SSSR count). The number of hydrogen-bond acceptors (Lipinski definition) is 6. The van der Waals surface area contributed by atoms with Gasteiger partial charge in [0.1, 0.15) is 14.9 Å². The zero-order valence-corrected chi connectivity index (χ0v) is 13.1. The number of hydrogen-bond donors (Lipinski definition) is 1. The van der Waals surface area contributed by atoms with E-state index in [1.54, 1.807) is 29.3 Å². The zero-order chi connectivity index (χ0) is 13.2. The summed E-state index contributed by atoms with van der Waals surface area (Å²) in [5.74, 6) is 0.634. The highest BCUT2D eigenvalue weighted by Gasteiger charge is 2.10. The van der Waals surface area contributed by atoms with Crippen LogP contribution in [0.15, 0.2) is 44.3 Å². The first-order valence-corrected chi connectivity index (χ1v) is 7.97. The lowest BCUT2D eigenvalue weighted by Gasteiger charge is -2.04. The number of nitrogens with zero attached hydrogens (tertiary/aromatic N) is 3. The lowest BCUT2D eigenvalue weighted by molar-refractivity contribution is 1.08. The molecular weight excluding hydrogens is 344 g/mol. The molecule has 19 heavy (non-hydrogen) atoms. The van der Waals surface area contributed by atoms with Crippen LogP contribution in [0.3, 0.4) is 0 Å². The minimum atomic E-state index is 0.634. The quantitative estimate of drug-likeness (QED) is 0.720. The van der Waals surface area contributed by atoms with Crippen LogP contribution < -0.4 is 5.32 Å². The maximum absolute atomic E-state index is 4.51. The van der Waals surface area contributed by atoms with Gasteiger partial charge in [-0.3, -0.25) is 0 Å². The summed E-state index contributed by atoms with van der Waals surface area (Å²) < 4.78 is 0.969. The van der Waals surface area contributed by atoms with Gasteiger partial charge in [-0.2, -0.15) is 0 Å². The molecule has 0 aliphatic rings. The van der Waals surface area contributed by atoms with E-state index < -0.39 is 0 Å². The molecule has 0 saturated carbocycles. The molecule has 96 valence electrons. The lowest BCUT2D eigenvalue weighted by Crippen LogP contribution is -1.97. The third-order valence-electron chi connectivity index (χ3n) is 2.42. The summed E-state index contributed by atoms with van der Waals surface area (Å²) in [7, 11) is 1.82. The van der Waals surface area contributed by atoms with E-state index in [4.69, 9.17) is 0 Å². The van der Waals surface area contributed by atoms with Gasteiger partial charge >= 0.3 is 0 Å². The van der Waals surface area contributed by atoms with Crippen molar-refractivity contribution >= 4 is 55.2 Å². The van der Waals surface area contributed by atoms with Crippen LogP contribution in [0.4, 0.5) is 5.95 Å². The van der Waals surface area contributed by atoms with E-state index in [0.717, 1.165) is 24.7 Å². The number of anilines is 1. The Kier molecular flexibility index (Phi) is 3.67. The van der Waals surface area contributed by atoms with E-state index in [-0.39, 0.29) is 0 Å². The van der Waals surface area contributed by atoms with Crippen molar-refractivity contribution in [3.8, 4) is 0 Å². The maximum Gasteiger partial charge on any atom is 0.224 e. The highest BCUT2D eigenvalue weighted by Crippen LogP contribution is 2.33. The van der Waals surface area contributed by atoms with E-state index in [9.17, 15) is 0 Å². The van der Waals surface area contributed by atoms with Gasteiger partial charge in [0, 0.05) is 23.1 Å². The van der Waals surface area contributed by atoms with Crippen LogP contribution in [0.2, 0.25) is 0 Å². The number of rotatable bonds is 3. The second-order valence-corrected chi connectivity index (χ2v) is 6.48. The topological polar surface area (TPSA) is 50.7 Å². The molecule has 0 bridgehead atoms. The molecule has 3 aromatic rings. The fourth-order valence-corrected chi connectivity index (χ4v) is 3.45. The first kappa shape index (κ1) is 12.8. The Morgan fingerprint density at radius 1 is 1.26 bits per heavy atom. The predicted molar refractivity (Wildman–Crippen MR) is 83.0 cm³/mol. The van der Waals surface area contributed by atoms with Gasteiger partial charge in [-0.15, -0.1) is 11.3 Å². The minimum Gasteiger partial charge on any atom is -0.357 e. The molecule has 0 aliphatic carbocycles. The smallest absolute Gasteiger partial charge is 0.224 e.